The number of hydrogen-bond acceptors (Lipinski definition) is 5. The van der Waals surface area contributed by atoms with E-state index in [1.54, 1.807) is 42.5 Å². The summed E-state index contributed by atoms with van der Waals surface area (Å²) < 4.78 is 17.1. The summed E-state index contributed by atoms with van der Waals surface area (Å²) in [4.78, 5) is 26.1. The van der Waals surface area contributed by atoms with Crippen molar-refractivity contribution in [3.8, 4) is 11.5 Å². The van der Waals surface area contributed by atoms with E-state index >= 15 is 0 Å². The molecule has 0 saturated carbocycles. The SMILES string of the molecule is CCOc1ccc(CC(=O)Nc2c(C(=O)c3ccccc3)oc3ccccc23)cc1OCC. The summed E-state index contributed by atoms with van der Waals surface area (Å²) in [6.45, 7) is 4.80. The minimum Gasteiger partial charge on any atom is -0.490 e. The van der Waals surface area contributed by atoms with Crippen LogP contribution in [0.25, 0.3) is 11.0 Å². The first-order chi connectivity index (χ1) is 16.1. The van der Waals surface area contributed by atoms with Gasteiger partial charge in [-0.3, -0.25) is 9.59 Å². The zero-order valence-electron chi connectivity index (χ0n) is 18.6. The molecule has 0 aliphatic carbocycles. The van der Waals surface area contributed by atoms with Crippen LogP contribution in [0.15, 0.2) is 77.2 Å². The Morgan fingerprint density at radius 1 is 0.848 bits per heavy atom. The minimum absolute atomic E-state index is 0.102. The predicted octanol–water partition coefficient (Wildman–Crippen LogP) is 5.64. The number of hydrogen-bond donors (Lipinski definition) is 1. The molecule has 1 aromatic heterocycles. The van der Waals surface area contributed by atoms with Crippen molar-refractivity contribution in [2.24, 2.45) is 0 Å². The van der Waals surface area contributed by atoms with E-state index in [2.05, 4.69) is 5.32 Å². The van der Waals surface area contributed by atoms with Gasteiger partial charge in [0.15, 0.2) is 17.3 Å². The van der Waals surface area contributed by atoms with Gasteiger partial charge in [-0.15, -0.1) is 0 Å². The van der Waals surface area contributed by atoms with Crippen molar-refractivity contribution in [1.29, 1.82) is 0 Å². The van der Waals surface area contributed by atoms with Crippen molar-refractivity contribution in [2.45, 2.75) is 20.3 Å². The van der Waals surface area contributed by atoms with Gasteiger partial charge in [0.25, 0.3) is 0 Å². The zero-order chi connectivity index (χ0) is 23.2. The fourth-order valence-electron chi connectivity index (χ4n) is 3.62. The zero-order valence-corrected chi connectivity index (χ0v) is 18.6. The molecule has 6 heteroatoms. The molecule has 168 valence electrons. The number of benzene rings is 3. The molecule has 33 heavy (non-hydrogen) atoms. The summed E-state index contributed by atoms with van der Waals surface area (Å²) in [6, 6.07) is 21.5. The highest BCUT2D eigenvalue weighted by Gasteiger charge is 2.23. The number of anilines is 1. The summed E-state index contributed by atoms with van der Waals surface area (Å²) in [5.41, 5.74) is 2.16. The van der Waals surface area contributed by atoms with Crippen molar-refractivity contribution in [3.63, 3.8) is 0 Å². The summed E-state index contributed by atoms with van der Waals surface area (Å²) in [7, 11) is 0. The smallest absolute Gasteiger partial charge is 0.230 e. The van der Waals surface area contributed by atoms with Crippen molar-refractivity contribution >= 4 is 28.3 Å². The van der Waals surface area contributed by atoms with Crippen molar-refractivity contribution in [2.75, 3.05) is 18.5 Å². The molecule has 1 heterocycles. The van der Waals surface area contributed by atoms with Crippen molar-refractivity contribution in [1.82, 2.24) is 0 Å². The van der Waals surface area contributed by atoms with Crippen LogP contribution in [-0.4, -0.2) is 24.9 Å². The third-order valence-corrected chi connectivity index (χ3v) is 5.07. The number of nitrogens with one attached hydrogen (secondary N) is 1. The summed E-state index contributed by atoms with van der Waals surface area (Å²) >= 11 is 0. The number of para-hydroxylation sites is 1. The summed E-state index contributed by atoms with van der Waals surface area (Å²) in [5, 5.41) is 3.57. The number of ether oxygens (including phenoxy) is 2. The van der Waals surface area contributed by atoms with Crippen LogP contribution < -0.4 is 14.8 Å². The molecule has 6 nitrogen and oxygen atoms in total. The topological polar surface area (TPSA) is 77.8 Å². The summed E-state index contributed by atoms with van der Waals surface area (Å²) in [5.74, 6) is 0.785. The highest BCUT2D eigenvalue weighted by atomic mass is 16.5. The van der Waals surface area contributed by atoms with Crippen LogP contribution in [0, 0.1) is 0 Å². The van der Waals surface area contributed by atoms with E-state index in [0.717, 1.165) is 5.56 Å². The van der Waals surface area contributed by atoms with E-state index in [-0.39, 0.29) is 23.9 Å². The molecule has 0 fully saturated rings. The first-order valence-electron chi connectivity index (χ1n) is 10.9. The fraction of sp³-hybridized carbons (Fsp3) is 0.185. The monoisotopic (exact) mass is 443 g/mol. The Bertz CT molecular complexity index is 1280. The third kappa shape index (κ3) is 4.90. The van der Waals surface area contributed by atoms with Gasteiger partial charge in [-0.2, -0.15) is 0 Å². The molecule has 4 aromatic rings. The van der Waals surface area contributed by atoms with Crippen LogP contribution in [0.3, 0.4) is 0 Å². The third-order valence-electron chi connectivity index (χ3n) is 5.07. The van der Waals surface area contributed by atoms with Gasteiger partial charge in [0, 0.05) is 10.9 Å². The number of ketones is 1. The second-order valence-electron chi connectivity index (χ2n) is 7.37. The van der Waals surface area contributed by atoms with Crippen molar-refractivity contribution < 1.29 is 23.5 Å². The van der Waals surface area contributed by atoms with Gasteiger partial charge in [0.2, 0.25) is 11.7 Å². The van der Waals surface area contributed by atoms with Crippen LogP contribution in [0.1, 0.15) is 35.5 Å². The van der Waals surface area contributed by atoms with Crippen molar-refractivity contribution in [3.05, 3.63) is 89.7 Å². The highest BCUT2D eigenvalue weighted by Crippen LogP contribution is 2.33. The minimum atomic E-state index is -0.290. The van der Waals surface area contributed by atoms with Gasteiger partial charge < -0.3 is 19.2 Å². The van der Waals surface area contributed by atoms with E-state index < -0.39 is 0 Å². The van der Waals surface area contributed by atoms with Gasteiger partial charge in [0.05, 0.1) is 25.3 Å². The Morgan fingerprint density at radius 2 is 1.55 bits per heavy atom. The quantitative estimate of drug-likeness (QED) is 0.339. The lowest BCUT2D eigenvalue weighted by molar-refractivity contribution is -0.115. The molecule has 0 radical (unpaired) electrons. The van der Waals surface area contributed by atoms with Crippen LogP contribution in [0.4, 0.5) is 5.69 Å². The Balaban J connectivity index is 1.62. The Morgan fingerprint density at radius 3 is 2.30 bits per heavy atom. The normalized spacial score (nSPS) is 10.7. The van der Waals surface area contributed by atoms with Gasteiger partial charge >= 0.3 is 0 Å². The van der Waals surface area contributed by atoms with Crippen LogP contribution in [0.5, 0.6) is 11.5 Å². The molecule has 0 unspecified atom stereocenters. The molecule has 1 N–H and O–H groups in total. The van der Waals surface area contributed by atoms with Crippen LogP contribution in [0.2, 0.25) is 0 Å². The van der Waals surface area contributed by atoms with Gasteiger partial charge in [-0.05, 0) is 43.7 Å². The largest absolute Gasteiger partial charge is 0.490 e. The molecule has 0 spiro atoms. The lowest BCUT2D eigenvalue weighted by atomic mass is 10.1. The number of rotatable bonds is 9. The van der Waals surface area contributed by atoms with Crippen LogP contribution >= 0.6 is 0 Å². The molecular weight excluding hydrogens is 418 g/mol. The molecule has 0 atom stereocenters. The second kappa shape index (κ2) is 10.0. The lowest BCUT2D eigenvalue weighted by Gasteiger charge is -2.12. The standard InChI is InChI=1S/C27H25NO5/c1-3-31-22-15-14-18(16-23(22)32-4-2)17-24(29)28-25-20-12-8-9-13-21(20)33-27(25)26(30)19-10-6-5-7-11-19/h5-16H,3-4,17H2,1-2H3,(H,28,29). The average molecular weight is 443 g/mol. The van der Waals surface area contributed by atoms with Gasteiger partial charge in [0.1, 0.15) is 5.58 Å². The van der Waals surface area contributed by atoms with Gasteiger partial charge in [-0.25, -0.2) is 0 Å². The maximum atomic E-state index is 13.1. The number of carbonyl (C=O) groups is 2. The van der Waals surface area contributed by atoms with E-state index in [0.29, 0.717) is 46.9 Å². The van der Waals surface area contributed by atoms with Gasteiger partial charge in [-0.1, -0.05) is 48.5 Å². The molecule has 1 amide bonds. The summed E-state index contributed by atoms with van der Waals surface area (Å²) in [6.07, 6.45) is 0.102. The average Bonchev–Trinajstić information content (AvgIpc) is 3.19. The Hall–Kier alpha value is -4.06. The van der Waals surface area contributed by atoms with E-state index in [9.17, 15) is 9.59 Å². The number of amides is 1. The van der Waals surface area contributed by atoms with Crippen LogP contribution in [-0.2, 0) is 11.2 Å². The molecule has 0 aliphatic rings. The lowest BCUT2D eigenvalue weighted by Crippen LogP contribution is -2.16. The van der Waals surface area contributed by atoms with E-state index in [4.69, 9.17) is 13.9 Å². The maximum Gasteiger partial charge on any atom is 0.230 e. The Labute approximate surface area is 192 Å². The number of fused-ring (bicyclic) bond motifs is 1. The first-order valence-corrected chi connectivity index (χ1v) is 10.9. The molecule has 4 rings (SSSR count). The number of furan rings is 1. The molecule has 3 aromatic carbocycles. The number of carbonyl (C=O) groups excluding carboxylic acids is 2. The predicted molar refractivity (Wildman–Crippen MR) is 127 cm³/mol. The molecular formula is C27H25NO5. The Kier molecular flexibility index (Phi) is 6.74. The molecule has 0 bridgehead atoms. The second-order valence-corrected chi connectivity index (χ2v) is 7.37. The van der Waals surface area contributed by atoms with E-state index in [1.807, 2.05) is 44.2 Å². The highest BCUT2D eigenvalue weighted by molar-refractivity contribution is 6.17. The first kappa shape index (κ1) is 22.1. The maximum absolute atomic E-state index is 13.1. The van der Waals surface area contributed by atoms with E-state index in [1.165, 1.54) is 0 Å². The molecule has 0 aliphatic heterocycles. The fourth-order valence-corrected chi connectivity index (χ4v) is 3.62. The molecule has 0 saturated heterocycles.